The first-order chi connectivity index (χ1) is 7.36. The molecule has 0 saturated carbocycles. The molecule has 1 aromatic rings. The molecule has 0 aliphatic carbocycles. The van der Waals surface area contributed by atoms with E-state index in [2.05, 4.69) is 12.2 Å². The van der Waals surface area contributed by atoms with Gasteiger partial charge in [0.05, 0.1) is 18.9 Å². The van der Waals surface area contributed by atoms with Crippen LogP contribution in [0, 0.1) is 6.92 Å². The van der Waals surface area contributed by atoms with Gasteiger partial charge < -0.3 is 14.5 Å². The number of hydrogen-bond donors (Lipinski definition) is 1. The zero-order chi connectivity index (χ0) is 10.5. The second-order valence-corrected chi connectivity index (χ2v) is 4.15. The van der Waals surface area contributed by atoms with Gasteiger partial charge in [0.1, 0.15) is 5.76 Å². The maximum absolute atomic E-state index is 5.63. The molecule has 1 saturated heterocycles. The monoisotopic (exact) mass is 209 g/mol. The molecule has 0 bridgehead atoms. The van der Waals surface area contributed by atoms with Gasteiger partial charge in [0.2, 0.25) is 0 Å². The zero-order valence-corrected chi connectivity index (χ0v) is 9.29. The standard InChI is InChI=1S/C12H19NO2/c1-10-5-7-15-12(10)9-13-8-11-4-2-3-6-14-11/h5,7,11,13H,2-4,6,8-9H2,1H3. The van der Waals surface area contributed by atoms with Crippen molar-refractivity contribution in [2.75, 3.05) is 13.2 Å². The van der Waals surface area contributed by atoms with Crippen LogP contribution >= 0.6 is 0 Å². The summed E-state index contributed by atoms with van der Waals surface area (Å²) in [4.78, 5) is 0. The van der Waals surface area contributed by atoms with Crippen LogP contribution in [-0.2, 0) is 11.3 Å². The van der Waals surface area contributed by atoms with E-state index in [0.29, 0.717) is 6.10 Å². The summed E-state index contributed by atoms with van der Waals surface area (Å²) in [5.41, 5.74) is 1.21. The van der Waals surface area contributed by atoms with Crippen molar-refractivity contribution in [3.05, 3.63) is 23.7 Å². The summed E-state index contributed by atoms with van der Waals surface area (Å²) < 4.78 is 11.0. The van der Waals surface area contributed by atoms with Gasteiger partial charge in [-0.3, -0.25) is 0 Å². The minimum Gasteiger partial charge on any atom is -0.468 e. The highest BCUT2D eigenvalue weighted by Crippen LogP contribution is 2.12. The van der Waals surface area contributed by atoms with Gasteiger partial charge in [-0.2, -0.15) is 0 Å². The van der Waals surface area contributed by atoms with E-state index < -0.39 is 0 Å². The van der Waals surface area contributed by atoms with Crippen molar-refractivity contribution < 1.29 is 9.15 Å². The molecule has 2 rings (SSSR count). The van der Waals surface area contributed by atoms with Gasteiger partial charge in [0, 0.05) is 13.2 Å². The Morgan fingerprint density at radius 3 is 3.07 bits per heavy atom. The second kappa shape index (κ2) is 5.33. The molecule has 1 fully saturated rings. The molecule has 1 atom stereocenters. The average Bonchev–Trinajstić information content (AvgIpc) is 2.66. The maximum atomic E-state index is 5.63. The summed E-state index contributed by atoms with van der Waals surface area (Å²) in [5, 5.41) is 3.38. The van der Waals surface area contributed by atoms with Gasteiger partial charge in [0.25, 0.3) is 0 Å². The molecule has 0 amide bonds. The Morgan fingerprint density at radius 2 is 2.40 bits per heavy atom. The number of rotatable bonds is 4. The highest BCUT2D eigenvalue weighted by molar-refractivity contribution is 5.14. The van der Waals surface area contributed by atoms with Crippen molar-refractivity contribution in [1.29, 1.82) is 0 Å². The summed E-state index contributed by atoms with van der Waals surface area (Å²) in [6.07, 6.45) is 5.84. The van der Waals surface area contributed by atoms with Crippen molar-refractivity contribution >= 4 is 0 Å². The Morgan fingerprint density at radius 1 is 1.47 bits per heavy atom. The Labute approximate surface area is 90.8 Å². The first-order valence-corrected chi connectivity index (χ1v) is 5.71. The quantitative estimate of drug-likeness (QED) is 0.826. The van der Waals surface area contributed by atoms with Crippen molar-refractivity contribution in [1.82, 2.24) is 5.32 Å². The van der Waals surface area contributed by atoms with Crippen LogP contribution in [0.3, 0.4) is 0 Å². The van der Waals surface area contributed by atoms with Crippen LogP contribution in [0.5, 0.6) is 0 Å². The third-order valence-corrected chi connectivity index (χ3v) is 2.90. The molecule has 1 aromatic heterocycles. The topological polar surface area (TPSA) is 34.4 Å². The van der Waals surface area contributed by atoms with E-state index in [1.54, 1.807) is 6.26 Å². The van der Waals surface area contributed by atoms with Crippen molar-refractivity contribution in [2.45, 2.75) is 38.8 Å². The van der Waals surface area contributed by atoms with E-state index in [-0.39, 0.29) is 0 Å². The minimum atomic E-state index is 0.397. The van der Waals surface area contributed by atoms with E-state index in [9.17, 15) is 0 Å². The fraction of sp³-hybridized carbons (Fsp3) is 0.667. The molecule has 1 aliphatic rings. The van der Waals surface area contributed by atoms with Crippen LogP contribution in [0.15, 0.2) is 16.7 Å². The molecule has 1 N–H and O–H groups in total. The van der Waals surface area contributed by atoms with E-state index in [4.69, 9.17) is 9.15 Å². The van der Waals surface area contributed by atoms with E-state index in [1.165, 1.54) is 24.8 Å². The molecule has 3 heteroatoms. The Kier molecular flexibility index (Phi) is 3.80. The molecule has 2 heterocycles. The summed E-state index contributed by atoms with van der Waals surface area (Å²) in [6, 6.07) is 1.99. The van der Waals surface area contributed by atoms with Crippen LogP contribution in [0.2, 0.25) is 0 Å². The number of furan rings is 1. The number of nitrogens with one attached hydrogen (secondary N) is 1. The highest BCUT2D eigenvalue weighted by atomic mass is 16.5. The van der Waals surface area contributed by atoms with Crippen LogP contribution in [-0.4, -0.2) is 19.3 Å². The molecular weight excluding hydrogens is 190 g/mol. The predicted octanol–water partition coefficient (Wildman–Crippen LogP) is 2.25. The normalized spacial score (nSPS) is 21.8. The number of ether oxygens (including phenoxy) is 1. The van der Waals surface area contributed by atoms with Crippen molar-refractivity contribution in [2.24, 2.45) is 0 Å². The molecule has 0 radical (unpaired) electrons. The lowest BCUT2D eigenvalue weighted by Gasteiger charge is -2.22. The second-order valence-electron chi connectivity index (χ2n) is 4.15. The Hall–Kier alpha value is -0.800. The number of aryl methyl sites for hydroxylation is 1. The van der Waals surface area contributed by atoms with E-state index >= 15 is 0 Å². The lowest BCUT2D eigenvalue weighted by molar-refractivity contribution is 0.0165. The molecule has 0 spiro atoms. The van der Waals surface area contributed by atoms with Crippen LogP contribution in [0.4, 0.5) is 0 Å². The van der Waals surface area contributed by atoms with Gasteiger partial charge in [-0.05, 0) is 37.8 Å². The summed E-state index contributed by atoms with van der Waals surface area (Å²) >= 11 is 0. The average molecular weight is 209 g/mol. The first kappa shape index (κ1) is 10.7. The molecular formula is C12H19NO2. The molecule has 0 aromatic carbocycles. The lowest BCUT2D eigenvalue weighted by atomic mass is 10.1. The fourth-order valence-corrected chi connectivity index (χ4v) is 1.90. The first-order valence-electron chi connectivity index (χ1n) is 5.71. The fourth-order valence-electron chi connectivity index (χ4n) is 1.90. The third kappa shape index (κ3) is 3.08. The van der Waals surface area contributed by atoms with Gasteiger partial charge in [-0.25, -0.2) is 0 Å². The summed E-state index contributed by atoms with van der Waals surface area (Å²) in [6.45, 7) is 4.72. The van der Waals surface area contributed by atoms with Crippen LogP contribution < -0.4 is 5.32 Å². The largest absolute Gasteiger partial charge is 0.468 e. The molecule has 3 nitrogen and oxygen atoms in total. The zero-order valence-electron chi connectivity index (χ0n) is 9.29. The molecule has 1 aliphatic heterocycles. The van der Waals surface area contributed by atoms with E-state index in [1.807, 2.05) is 6.07 Å². The summed E-state index contributed by atoms with van der Waals surface area (Å²) in [5.74, 6) is 1.03. The van der Waals surface area contributed by atoms with Gasteiger partial charge >= 0.3 is 0 Å². The van der Waals surface area contributed by atoms with Gasteiger partial charge in [0.15, 0.2) is 0 Å². The van der Waals surface area contributed by atoms with E-state index in [0.717, 1.165) is 25.5 Å². The smallest absolute Gasteiger partial charge is 0.120 e. The Balaban J connectivity index is 1.68. The number of hydrogen-bond acceptors (Lipinski definition) is 3. The predicted molar refractivity (Wildman–Crippen MR) is 58.7 cm³/mol. The van der Waals surface area contributed by atoms with Crippen molar-refractivity contribution in [3.63, 3.8) is 0 Å². The molecule has 1 unspecified atom stereocenters. The van der Waals surface area contributed by atoms with Crippen LogP contribution in [0.25, 0.3) is 0 Å². The Bertz CT molecular complexity index is 290. The van der Waals surface area contributed by atoms with Gasteiger partial charge in [-0.15, -0.1) is 0 Å². The minimum absolute atomic E-state index is 0.397. The summed E-state index contributed by atoms with van der Waals surface area (Å²) in [7, 11) is 0. The maximum Gasteiger partial charge on any atom is 0.120 e. The highest BCUT2D eigenvalue weighted by Gasteiger charge is 2.13. The third-order valence-electron chi connectivity index (χ3n) is 2.90. The SMILES string of the molecule is Cc1ccoc1CNCC1CCCCO1. The van der Waals surface area contributed by atoms with Crippen molar-refractivity contribution in [3.8, 4) is 0 Å². The molecule has 15 heavy (non-hydrogen) atoms. The lowest BCUT2D eigenvalue weighted by Crippen LogP contribution is -2.31. The van der Waals surface area contributed by atoms with Gasteiger partial charge in [-0.1, -0.05) is 0 Å². The van der Waals surface area contributed by atoms with Crippen LogP contribution in [0.1, 0.15) is 30.6 Å². The molecule has 84 valence electrons.